The van der Waals surface area contributed by atoms with Gasteiger partial charge in [-0.1, -0.05) is 48.5 Å². The lowest BCUT2D eigenvalue weighted by Crippen LogP contribution is -2.39. The molecule has 192 valence electrons. The van der Waals surface area contributed by atoms with Gasteiger partial charge in [-0.05, 0) is 23.8 Å². The number of para-hydroxylation sites is 1. The summed E-state index contributed by atoms with van der Waals surface area (Å²) in [7, 11) is 0. The van der Waals surface area contributed by atoms with Crippen LogP contribution in [0.15, 0.2) is 77.9 Å². The van der Waals surface area contributed by atoms with Crippen molar-refractivity contribution >= 4 is 23.4 Å². The lowest BCUT2D eigenvalue weighted by atomic mass is 10.1. The van der Waals surface area contributed by atoms with Crippen molar-refractivity contribution in [1.82, 2.24) is 29.5 Å². The van der Waals surface area contributed by atoms with Crippen LogP contribution in [0.25, 0.3) is 11.7 Å². The van der Waals surface area contributed by atoms with Crippen LogP contribution in [-0.2, 0) is 4.74 Å². The number of rotatable bonds is 6. The summed E-state index contributed by atoms with van der Waals surface area (Å²) in [5.41, 5.74) is 3.05. The number of hydrogen-bond donors (Lipinski definition) is 4. The Kier molecular flexibility index (Phi) is 6.42. The molecule has 0 spiro atoms. The number of morpholine rings is 1. The minimum atomic E-state index is -0.298. The van der Waals surface area contributed by atoms with Gasteiger partial charge < -0.3 is 20.3 Å². The van der Waals surface area contributed by atoms with Crippen molar-refractivity contribution in [3.8, 4) is 11.8 Å². The van der Waals surface area contributed by atoms with Crippen molar-refractivity contribution < 1.29 is 14.9 Å². The molecule has 38 heavy (non-hydrogen) atoms. The molecule has 1 saturated heterocycles. The summed E-state index contributed by atoms with van der Waals surface area (Å²) in [5.74, 6) is 0.146. The second-order valence-corrected chi connectivity index (χ2v) is 8.84. The fourth-order valence-corrected chi connectivity index (χ4v) is 4.42. The molecule has 0 aliphatic carbocycles. The first kappa shape index (κ1) is 23.6. The van der Waals surface area contributed by atoms with E-state index >= 15 is 0 Å². The fourth-order valence-electron chi connectivity index (χ4n) is 4.42. The largest absolute Gasteiger partial charge is 0.494 e. The van der Waals surface area contributed by atoms with Gasteiger partial charge in [0.25, 0.3) is 5.62 Å². The standard InChI is InChI=1S/C27H26N8O3/c36-22-16-19(25(37)30-22)15-20-17-28-35-24(20)32-26(33-27(35)29-21-9-5-2-6-10-21)31-23(18-7-3-1-4-8-18)34-11-13-38-14-12-34/h1-10,15-17,23,30,36-37H,11-14H2,(H,29,31,33). The molecule has 11 nitrogen and oxygen atoms in total. The maximum Gasteiger partial charge on any atom is 0.252 e. The number of ether oxygens (including phenoxy) is 1. The lowest BCUT2D eigenvalue weighted by Gasteiger charge is -2.32. The van der Waals surface area contributed by atoms with Crippen LogP contribution < -0.4 is 16.2 Å². The maximum atomic E-state index is 10.1. The number of H-pyrrole nitrogens is 1. The van der Waals surface area contributed by atoms with Gasteiger partial charge in [-0.2, -0.15) is 19.6 Å². The van der Waals surface area contributed by atoms with Gasteiger partial charge in [0.2, 0.25) is 5.95 Å². The average Bonchev–Trinajstić information content (AvgIpc) is 3.50. The van der Waals surface area contributed by atoms with Crippen LogP contribution in [0.2, 0.25) is 0 Å². The number of aromatic nitrogens is 5. The van der Waals surface area contributed by atoms with Crippen LogP contribution in [0, 0.1) is 0 Å². The average molecular weight is 511 g/mol. The third-order valence-electron chi connectivity index (χ3n) is 6.26. The minimum Gasteiger partial charge on any atom is -0.494 e. The molecule has 0 amide bonds. The topological polar surface area (TPSA) is 136 Å². The van der Waals surface area contributed by atoms with E-state index in [0.717, 1.165) is 24.3 Å². The number of nitrogens with zero attached hydrogens (tertiary/aromatic N) is 6. The predicted octanol–water partition coefficient (Wildman–Crippen LogP) is 2.09. The van der Waals surface area contributed by atoms with E-state index in [1.54, 1.807) is 16.8 Å². The van der Waals surface area contributed by atoms with Gasteiger partial charge in [0, 0.05) is 35.6 Å². The monoisotopic (exact) mass is 510 g/mol. The van der Waals surface area contributed by atoms with Crippen LogP contribution in [-0.4, -0.2) is 66.0 Å². The van der Waals surface area contributed by atoms with Gasteiger partial charge in [-0.15, -0.1) is 0 Å². The Balaban J connectivity index is 1.53. The number of aromatic hydroxyl groups is 2. The molecule has 4 heterocycles. The Morgan fingerprint density at radius 3 is 2.45 bits per heavy atom. The van der Waals surface area contributed by atoms with E-state index in [-0.39, 0.29) is 23.5 Å². The highest BCUT2D eigenvalue weighted by molar-refractivity contribution is 5.62. The van der Waals surface area contributed by atoms with Crippen molar-refractivity contribution in [3.05, 3.63) is 94.9 Å². The van der Waals surface area contributed by atoms with Gasteiger partial charge in [0.05, 0.1) is 19.4 Å². The van der Waals surface area contributed by atoms with E-state index < -0.39 is 0 Å². The van der Waals surface area contributed by atoms with E-state index in [0.29, 0.717) is 35.6 Å². The summed E-state index contributed by atoms with van der Waals surface area (Å²) >= 11 is 0. The molecule has 5 aromatic rings. The van der Waals surface area contributed by atoms with Gasteiger partial charge in [0.15, 0.2) is 17.4 Å². The van der Waals surface area contributed by atoms with E-state index in [1.165, 1.54) is 6.07 Å². The second kappa shape index (κ2) is 10.3. The van der Waals surface area contributed by atoms with Crippen molar-refractivity contribution in [3.63, 3.8) is 0 Å². The summed E-state index contributed by atoms with van der Waals surface area (Å²) in [6.07, 6.45) is 3.02. The van der Waals surface area contributed by atoms with Crippen LogP contribution in [0.1, 0.15) is 17.3 Å². The van der Waals surface area contributed by atoms with Crippen molar-refractivity contribution in [2.75, 3.05) is 31.6 Å². The highest BCUT2D eigenvalue weighted by Gasteiger charge is 2.22. The van der Waals surface area contributed by atoms with Gasteiger partial charge >= 0.3 is 0 Å². The van der Waals surface area contributed by atoms with Crippen LogP contribution in [0.4, 0.5) is 11.6 Å². The van der Waals surface area contributed by atoms with Crippen LogP contribution >= 0.6 is 0 Å². The van der Waals surface area contributed by atoms with Gasteiger partial charge in [0.1, 0.15) is 6.17 Å². The molecular weight excluding hydrogens is 484 g/mol. The quantitative estimate of drug-likeness (QED) is 0.273. The molecule has 1 atom stereocenters. The minimum absolute atomic E-state index is 0.141. The summed E-state index contributed by atoms with van der Waals surface area (Å²) in [5, 5.41) is 28.3. The molecular formula is C27H26N8O3. The first-order chi connectivity index (χ1) is 18.6. The molecule has 0 saturated carbocycles. The second-order valence-electron chi connectivity index (χ2n) is 8.84. The zero-order chi connectivity index (χ0) is 25.9. The maximum absolute atomic E-state index is 10.1. The first-order valence-corrected chi connectivity index (χ1v) is 12.3. The predicted molar refractivity (Wildman–Crippen MR) is 141 cm³/mol. The molecule has 11 heteroatoms. The molecule has 0 radical (unpaired) electrons. The number of hydrogen-bond acceptors (Lipinski definition) is 9. The molecule has 6 rings (SSSR count). The summed E-state index contributed by atoms with van der Waals surface area (Å²) < 4.78 is 7.16. The van der Waals surface area contributed by atoms with Crippen LogP contribution in [0.5, 0.6) is 11.8 Å². The number of nitrogens with one attached hydrogen (secondary N) is 2. The van der Waals surface area contributed by atoms with E-state index in [2.05, 4.69) is 20.3 Å². The molecule has 1 aliphatic heterocycles. The van der Waals surface area contributed by atoms with Gasteiger partial charge in [-0.3, -0.25) is 9.88 Å². The number of aromatic amines is 1. The fraction of sp³-hybridized carbons (Fsp3) is 0.185. The molecule has 3 aromatic heterocycles. The summed E-state index contributed by atoms with van der Waals surface area (Å²) in [4.78, 5) is 19.3. The number of fused-ring (bicyclic) bond motifs is 1. The molecule has 1 aliphatic rings. The Morgan fingerprint density at radius 1 is 1.00 bits per heavy atom. The van der Waals surface area contributed by atoms with Crippen LogP contribution in [0.3, 0.4) is 0 Å². The summed E-state index contributed by atoms with van der Waals surface area (Å²) in [6.45, 7) is 2.74. The van der Waals surface area contributed by atoms with Gasteiger partial charge in [-0.25, -0.2) is 4.99 Å². The van der Waals surface area contributed by atoms with E-state index in [9.17, 15) is 10.2 Å². The van der Waals surface area contributed by atoms with Crippen molar-refractivity contribution in [2.45, 2.75) is 6.17 Å². The molecule has 1 unspecified atom stereocenters. The highest BCUT2D eigenvalue weighted by atomic mass is 16.5. The zero-order valence-corrected chi connectivity index (χ0v) is 20.4. The molecule has 0 bridgehead atoms. The normalized spacial score (nSPS) is 16.2. The van der Waals surface area contributed by atoms with E-state index in [4.69, 9.17) is 19.7 Å². The number of benzene rings is 2. The zero-order valence-electron chi connectivity index (χ0n) is 20.4. The third kappa shape index (κ3) is 4.92. The lowest BCUT2D eigenvalue weighted by molar-refractivity contribution is 0.0169. The number of anilines is 2. The molecule has 4 N–H and O–H groups in total. The SMILES string of the molecule is Oc1cc(C=c2cnn3c(Nc4ccccc4)nc(=NC(c4ccccc4)N4CCOCC4)nc23)c(O)[nH]1. The third-order valence-corrected chi connectivity index (χ3v) is 6.26. The summed E-state index contributed by atoms with van der Waals surface area (Å²) in [6, 6.07) is 21.2. The Bertz CT molecular complexity index is 1660. The van der Waals surface area contributed by atoms with E-state index in [1.807, 2.05) is 60.7 Å². The Hall–Kier alpha value is -4.74. The first-order valence-electron chi connectivity index (χ1n) is 12.3. The molecule has 1 fully saturated rings. The smallest absolute Gasteiger partial charge is 0.252 e. The molecule has 2 aromatic carbocycles. The highest BCUT2D eigenvalue weighted by Crippen LogP contribution is 2.23. The Morgan fingerprint density at radius 2 is 1.74 bits per heavy atom. The Labute approximate surface area is 217 Å². The van der Waals surface area contributed by atoms with Crippen molar-refractivity contribution in [1.29, 1.82) is 0 Å². The van der Waals surface area contributed by atoms with Crippen molar-refractivity contribution in [2.24, 2.45) is 4.99 Å².